The molecule has 88 valence electrons. The highest BCUT2D eigenvalue weighted by Gasteiger charge is 2.02. The van der Waals surface area contributed by atoms with Crippen molar-refractivity contribution < 1.29 is 0 Å². The SMILES string of the molecule is CCCc1ccc(Sc2nccc(N)n2)nc1. The average Bonchev–Trinajstić information content (AvgIpc) is 2.32. The van der Waals surface area contributed by atoms with Crippen molar-refractivity contribution in [3.63, 3.8) is 0 Å². The third-order valence-corrected chi connectivity index (χ3v) is 3.02. The van der Waals surface area contributed by atoms with Crippen LogP contribution in [0.3, 0.4) is 0 Å². The van der Waals surface area contributed by atoms with Gasteiger partial charge in [0.25, 0.3) is 0 Å². The zero-order valence-electron chi connectivity index (χ0n) is 9.63. The van der Waals surface area contributed by atoms with Crippen LogP contribution in [0.4, 0.5) is 5.82 Å². The summed E-state index contributed by atoms with van der Waals surface area (Å²) in [5, 5.41) is 1.51. The van der Waals surface area contributed by atoms with Gasteiger partial charge in [0, 0.05) is 12.4 Å². The van der Waals surface area contributed by atoms with E-state index in [1.54, 1.807) is 12.3 Å². The Balaban J connectivity index is 2.08. The Kier molecular flexibility index (Phi) is 3.93. The molecule has 0 saturated carbocycles. The molecule has 5 heteroatoms. The van der Waals surface area contributed by atoms with Crippen molar-refractivity contribution in [1.29, 1.82) is 0 Å². The van der Waals surface area contributed by atoms with Gasteiger partial charge in [0.1, 0.15) is 10.8 Å². The molecule has 0 bridgehead atoms. The largest absolute Gasteiger partial charge is 0.384 e. The van der Waals surface area contributed by atoms with Crippen LogP contribution in [0.2, 0.25) is 0 Å². The smallest absolute Gasteiger partial charge is 0.195 e. The molecule has 0 saturated heterocycles. The minimum Gasteiger partial charge on any atom is -0.384 e. The van der Waals surface area contributed by atoms with Gasteiger partial charge in [-0.1, -0.05) is 19.4 Å². The highest BCUT2D eigenvalue weighted by Crippen LogP contribution is 2.22. The second-order valence-electron chi connectivity index (χ2n) is 3.62. The third kappa shape index (κ3) is 3.42. The summed E-state index contributed by atoms with van der Waals surface area (Å²) in [5.41, 5.74) is 6.85. The molecule has 2 heterocycles. The number of nitrogen functional groups attached to an aromatic ring is 1. The van der Waals surface area contributed by atoms with E-state index in [4.69, 9.17) is 5.73 Å². The van der Waals surface area contributed by atoms with E-state index in [1.807, 2.05) is 12.3 Å². The summed E-state index contributed by atoms with van der Waals surface area (Å²) < 4.78 is 0. The molecule has 0 radical (unpaired) electrons. The Morgan fingerprint density at radius 3 is 2.76 bits per heavy atom. The number of nitrogens with zero attached hydrogens (tertiary/aromatic N) is 3. The molecule has 2 rings (SSSR count). The first kappa shape index (κ1) is 11.9. The highest BCUT2D eigenvalue weighted by atomic mass is 32.2. The fourth-order valence-electron chi connectivity index (χ4n) is 1.40. The molecular formula is C12H14N4S. The van der Waals surface area contributed by atoms with Gasteiger partial charge in [-0.25, -0.2) is 15.0 Å². The Hall–Kier alpha value is -1.62. The van der Waals surface area contributed by atoms with E-state index in [1.165, 1.54) is 17.3 Å². The van der Waals surface area contributed by atoms with Gasteiger partial charge in [-0.2, -0.15) is 0 Å². The minimum absolute atomic E-state index is 0.477. The monoisotopic (exact) mass is 246 g/mol. The zero-order chi connectivity index (χ0) is 12.1. The van der Waals surface area contributed by atoms with E-state index in [9.17, 15) is 0 Å². The van der Waals surface area contributed by atoms with Crippen molar-refractivity contribution in [3.05, 3.63) is 36.2 Å². The molecule has 17 heavy (non-hydrogen) atoms. The van der Waals surface area contributed by atoms with Gasteiger partial charge in [-0.3, -0.25) is 0 Å². The molecule has 2 N–H and O–H groups in total. The summed E-state index contributed by atoms with van der Waals surface area (Å²) in [5.74, 6) is 0.477. The summed E-state index contributed by atoms with van der Waals surface area (Å²) in [4.78, 5) is 12.6. The van der Waals surface area contributed by atoms with Gasteiger partial charge < -0.3 is 5.73 Å². The second-order valence-corrected chi connectivity index (χ2v) is 4.61. The van der Waals surface area contributed by atoms with E-state index in [0.29, 0.717) is 11.0 Å². The number of nitrogens with two attached hydrogens (primary N) is 1. The van der Waals surface area contributed by atoms with Crippen LogP contribution >= 0.6 is 11.8 Å². The van der Waals surface area contributed by atoms with Crippen molar-refractivity contribution >= 4 is 17.6 Å². The van der Waals surface area contributed by atoms with Crippen LogP contribution in [0.25, 0.3) is 0 Å². The van der Waals surface area contributed by atoms with Gasteiger partial charge in [0.2, 0.25) is 0 Å². The molecule has 0 fully saturated rings. The summed E-state index contributed by atoms with van der Waals surface area (Å²) in [6.07, 6.45) is 5.74. The maximum atomic E-state index is 5.59. The van der Waals surface area contributed by atoms with E-state index >= 15 is 0 Å². The van der Waals surface area contributed by atoms with Crippen molar-refractivity contribution in [2.24, 2.45) is 0 Å². The number of anilines is 1. The predicted octanol–water partition coefficient (Wildman–Crippen LogP) is 2.56. The summed E-state index contributed by atoms with van der Waals surface area (Å²) in [6, 6.07) is 5.75. The van der Waals surface area contributed by atoms with Crippen molar-refractivity contribution in [1.82, 2.24) is 15.0 Å². The number of hydrogen-bond acceptors (Lipinski definition) is 5. The summed E-state index contributed by atoms with van der Waals surface area (Å²) in [6.45, 7) is 2.16. The Labute approximate surface area is 105 Å². The number of aromatic nitrogens is 3. The van der Waals surface area contributed by atoms with E-state index in [-0.39, 0.29) is 0 Å². The normalized spacial score (nSPS) is 10.4. The van der Waals surface area contributed by atoms with Crippen LogP contribution in [0.1, 0.15) is 18.9 Å². The standard InChI is InChI=1S/C12H14N4S/c1-2-3-9-4-5-11(15-8-9)17-12-14-7-6-10(13)16-12/h4-8H,2-3H2,1H3,(H2,13,14,16). The summed E-state index contributed by atoms with van der Waals surface area (Å²) in [7, 11) is 0. The molecule has 0 atom stereocenters. The lowest BCUT2D eigenvalue weighted by Gasteiger charge is -2.01. The van der Waals surface area contributed by atoms with Crippen molar-refractivity contribution in [2.45, 2.75) is 29.9 Å². The van der Waals surface area contributed by atoms with Gasteiger partial charge >= 0.3 is 0 Å². The number of hydrogen-bond donors (Lipinski definition) is 1. The zero-order valence-corrected chi connectivity index (χ0v) is 10.4. The Morgan fingerprint density at radius 2 is 2.12 bits per heavy atom. The molecule has 0 spiro atoms. The molecule has 0 aliphatic rings. The first-order valence-corrected chi connectivity index (χ1v) is 6.31. The maximum absolute atomic E-state index is 5.59. The van der Waals surface area contributed by atoms with Crippen LogP contribution in [-0.4, -0.2) is 15.0 Å². The topological polar surface area (TPSA) is 64.7 Å². The lowest BCUT2D eigenvalue weighted by Crippen LogP contribution is -1.93. The molecule has 0 amide bonds. The molecule has 2 aromatic heterocycles. The molecule has 0 aliphatic carbocycles. The van der Waals surface area contributed by atoms with E-state index in [2.05, 4.69) is 27.9 Å². The van der Waals surface area contributed by atoms with Gasteiger partial charge in [0.15, 0.2) is 5.16 Å². The molecule has 2 aromatic rings. The predicted molar refractivity (Wildman–Crippen MR) is 68.8 cm³/mol. The number of pyridine rings is 1. The van der Waals surface area contributed by atoms with Crippen LogP contribution in [0.15, 0.2) is 40.8 Å². The van der Waals surface area contributed by atoms with E-state index in [0.717, 1.165) is 17.9 Å². The van der Waals surface area contributed by atoms with Crippen molar-refractivity contribution in [2.75, 3.05) is 5.73 Å². The van der Waals surface area contributed by atoms with Crippen molar-refractivity contribution in [3.8, 4) is 0 Å². The quantitative estimate of drug-likeness (QED) is 0.840. The third-order valence-electron chi connectivity index (χ3n) is 2.19. The minimum atomic E-state index is 0.477. The Bertz CT molecular complexity index is 484. The number of aryl methyl sites for hydroxylation is 1. The lowest BCUT2D eigenvalue weighted by atomic mass is 10.2. The molecular weight excluding hydrogens is 232 g/mol. The summed E-state index contributed by atoms with van der Waals surface area (Å²) >= 11 is 1.42. The van der Waals surface area contributed by atoms with Gasteiger partial charge in [-0.15, -0.1) is 0 Å². The van der Waals surface area contributed by atoms with Crippen LogP contribution in [0.5, 0.6) is 0 Å². The molecule has 4 nitrogen and oxygen atoms in total. The number of rotatable bonds is 4. The van der Waals surface area contributed by atoms with Crippen LogP contribution in [-0.2, 0) is 6.42 Å². The fourth-order valence-corrected chi connectivity index (χ4v) is 2.10. The first-order valence-electron chi connectivity index (χ1n) is 5.49. The molecule has 0 unspecified atom stereocenters. The fraction of sp³-hybridized carbons (Fsp3) is 0.250. The first-order chi connectivity index (χ1) is 8.28. The average molecular weight is 246 g/mol. The maximum Gasteiger partial charge on any atom is 0.195 e. The molecule has 0 aromatic carbocycles. The van der Waals surface area contributed by atoms with E-state index < -0.39 is 0 Å². The highest BCUT2D eigenvalue weighted by molar-refractivity contribution is 7.99. The molecule has 0 aliphatic heterocycles. The van der Waals surface area contributed by atoms with Crippen LogP contribution < -0.4 is 5.73 Å². The van der Waals surface area contributed by atoms with Crippen LogP contribution in [0, 0.1) is 0 Å². The van der Waals surface area contributed by atoms with Gasteiger partial charge in [-0.05, 0) is 35.9 Å². The lowest BCUT2D eigenvalue weighted by molar-refractivity contribution is 0.903. The Morgan fingerprint density at radius 1 is 1.24 bits per heavy atom. The second kappa shape index (κ2) is 5.63. The van der Waals surface area contributed by atoms with Gasteiger partial charge in [0.05, 0.1) is 0 Å².